The van der Waals surface area contributed by atoms with Crippen LogP contribution in [0.5, 0.6) is 0 Å². The third-order valence-corrected chi connectivity index (χ3v) is 7.94. The second kappa shape index (κ2) is 7.50. The molecular weight excluding hydrogens is 440 g/mol. The van der Waals surface area contributed by atoms with Gasteiger partial charge in [-0.15, -0.1) is 10.2 Å². The fourth-order valence-corrected chi connectivity index (χ4v) is 5.99. The fraction of sp³-hybridized carbons (Fsp3) is 0.304. The van der Waals surface area contributed by atoms with E-state index < -0.39 is 5.92 Å². The average Bonchev–Trinajstić information content (AvgIpc) is 3.40. The van der Waals surface area contributed by atoms with Gasteiger partial charge in [0.05, 0.1) is 17.6 Å². The minimum Gasteiger partial charge on any atom is -0.384 e. The summed E-state index contributed by atoms with van der Waals surface area (Å²) in [6.07, 6.45) is 4.90. The number of allylic oxidation sites excluding steroid dienone is 3. The molecule has 1 aliphatic carbocycles. The summed E-state index contributed by atoms with van der Waals surface area (Å²) in [5, 5.41) is 20.3. The Morgan fingerprint density at radius 3 is 2.84 bits per heavy atom. The molecule has 3 N–H and O–H groups in total. The van der Waals surface area contributed by atoms with E-state index in [0.717, 1.165) is 26.5 Å². The van der Waals surface area contributed by atoms with Crippen LogP contribution in [-0.4, -0.2) is 27.2 Å². The molecule has 0 radical (unpaired) electrons. The predicted octanol–water partition coefficient (Wildman–Crippen LogP) is 4.68. The highest BCUT2D eigenvalue weighted by molar-refractivity contribution is 8.00. The predicted molar refractivity (Wildman–Crippen MR) is 127 cm³/mol. The largest absolute Gasteiger partial charge is 0.384 e. The lowest BCUT2D eigenvalue weighted by molar-refractivity contribution is -0.118. The van der Waals surface area contributed by atoms with Crippen LogP contribution in [0.2, 0.25) is 0 Å². The molecule has 2 aromatic heterocycles. The smallest absolute Gasteiger partial charge is 0.219 e. The number of carbonyl (C=O) groups is 1. The second-order valence-corrected chi connectivity index (χ2v) is 10.9. The maximum Gasteiger partial charge on any atom is 0.219 e. The maximum atomic E-state index is 13.5. The number of thioether (sulfide) groups is 1. The highest BCUT2D eigenvalue weighted by atomic mass is 32.2. The Kier molecular flexibility index (Phi) is 4.87. The molecule has 1 atom stereocenters. The van der Waals surface area contributed by atoms with Crippen molar-refractivity contribution in [3.8, 4) is 6.07 Å². The van der Waals surface area contributed by atoms with Gasteiger partial charge in [0.1, 0.15) is 5.82 Å². The lowest BCUT2D eigenvalue weighted by Crippen LogP contribution is -2.42. The number of hydrogen-bond acceptors (Lipinski definition) is 8. The van der Waals surface area contributed by atoms with Crippen molar-refractivity contribution in [1.29, 1.82) is 5.26 Å². The van der Waals surface area contributed by atoms with E-state index in [2.05, 4.69) is 35.1 Å². The van der Waals surface area contributed by atoms with Gasteiger partial charge in [0, 0.05) is 29.4 Å². The summed E-state index contributed by atoms with van der Waals surface area (Å²) in [5.41, 5.74) is 10.1. The number of benzene rings is 1. The number of anilines is 1. The molecule has 9 heteroatoms. The number of nitriles is 1. The molecular formula is C23H22N6OS2. The number of fused-ring (bicyclic) bond motifs is 1. The number of ketones is 1. The number of H-pyrrole nitrogens is 1. The summed E-state index contributed by atoms with van der Waals surface area (Å²) in [6.45, 7) is 4.17. The first-order chi connectivity index (χ1) is 15.3. The quantitative estimate of drug-likeness (QED) is 0.543. The second-order valence-electron chi connectivity index (χ2n) is 8.86. The van der Waals surface area contributed by atoms with Crippen LogP contribution in [0.15, 0.2) is 57.5 Å². The molecule has 0 fully saturated rings. The van der Waals surface area contributed by atoms with Crippen LogP contribution in [0.25, 0.3) is 10.9 Å². The summed E-state index contributed by atoms with van der Waals surface area (Å²) >= 11 is 2.91. The molecule has 7 nitrogen and oxygen atoms in total. The summed E-state index contributed by atoms with van der Waals surface area (Å²) in [7, 11) is 0. The van der Waals surface area contributed by atoms with Gasteiger partial charge in [-0.25, -0.2) is 0 Å². The van der Waals surface area contributed by atoms with Crippen molar-refractivity contribution in [3.05, 3.63) is 58.7 Å². The number of aromatic amines is 1. The zero-order chi connectivity index (χ0) is 22.6. The molecule has 0 saturated carbocycles. The van der Waals surface area contributed by atoms with E-state index in [1.165, 1.54) is 23.1 Å². The van der Waals surface area contributed by atoms with Crippen molar-refractivity contribution in [2.24, 2.45) is 11.1 Å². The summed E-state index contributed by atoms with van der Waals surface area (Å²) < 4.78 is 0.801. The average molecular weight is 463 g/mol. The van der Waals surface area contributed by atoms with Gasteiger partial charge < -0.3 is 10.7 Å². The standard InChI is InChI=1S/C23H22N6OS2/c1-23(2)9-16-19(17(30)10-23)18(13-4-5-15-12(8-13)6-7-26-15)14(11-24)20(25)29(16)21-27-28-22(31-3)32-21/h4-8,18,26H,9-10,25H2,1-3H3/t18-/m0/s1. The third kappa shape index (κ3) is 3.22. The molecule has 0 unspecified atom stereocenters. The van der Waals surface area contributed by atoms with Crippen molar-refractivity contribution in [1.82, 2.24) is 15.2 Å². The Hall–Kier alpha value is -3.09. The molecule has 0 saturated heterocycles. The number of Topliss-reactive ketones (excluding diaryl/α,β-unsaturated/α-hetero) is 1. The normalized spacial score (nSPS) is 20.6. The number of nitrogens with zero attached hydrogens (tertiary/aromatic N) is 4. The van der Waals surface area contributed by atoms with Crippen LogP contribution >= 0.6 is 23.1 Å². The minimum atomic E-state index is -0.498. The van der Waals surface area contributed by atoms with E-state index in [-0.39, 0.29) is 11.2 Å². The molecule has 162 valence electrons. The van der Waals surface area contributed by atoms with E-state index in [4.69, 9.17) is 5.73 Å². The SMILES string of the molecule is CSc1nnc(N2C(N)=C(C#N)[C@H](c3ccc4[nH]ccc4c3)C3=C2CC(C)(C)CC3=O)s1. The van der Waals surface area contributed by atoms with Crippen LogP contribution in [0.4, 0.5) is 5.13 Å². The van der Waals surface area contributed by atoms with Crippen LogP contribution in [0.3, 0.4) is 0 Å². The Bertz CT molecular complexity index is 1360. The zero-order valence-corrected chi connectivity index (χ0v) is 19.6. The third-order valence-electron chi connectivity index (χ3n) is 6.05. The molecule has 0 amide bonds. The summed E-state index contributed by atoms with van der Waals surface area (Å²) in [6, 6.07) is 10.3. The molecule has 1 aliphatic heterocycles. The highest BCUT2D eigenvalue weighted by Crippen LogP contribution is 2.50. The van der Waals surface area contributed by atoms with Gasteiger partial charge in [-0.05, 0) is 47.2 Å². The Labute approximate surface area is 194 Å². The van der Waals surface area contributed by atoms with E-state index in [1.807, 2.05) is 36.7 Å². The number of carbonyl (C=O) groups excluding carboxylic acids is 1. The molecule has 3 heterocycles. The van der Waals surface area contributed by atoms with E-state index in [9.17, 15) is 10.1 Å². The van der Waals surface area contributed by atoms with Crippen LogP contribution < -0.4 is 10.6 Å². The van der Waals surface area contributed by atoms with Crippen molar-refractivity contribution >= 4 is 44.9 Å². The van der Waals surface area contributed by atoms with Crippen LogP contribution in [0, 0.1) is 16.7 Å². The topological polar surface area (TPSA) is 112 Å². The van der Waals surface area contributed by atoms with Gasteiger partial charge in [-0.2, -0.15) is 5.26 Å². The number of rotatable bonds is 3. The lowest BCUT2D eigenvalue weighted by atomic mass is 9.68. The monoisotopic (exact) mass is 462 g/mol. The Balaban J connectivity index is 1.76. The minimum absolute atomic E-state index is 0.0512. The summed E-state index contributed by atoms with van der Waals surface area (Å²) in [4.78, 5) is 18.5. The van der Waals surface area contributed by atoms with Crippen molar-refractivity contribution in [2.45, 2.75) is 36.9 Å². The zero-order valence-electron chi connectivity index (χ0n) is 18.0. The van der Waals surface area contributed by atoms with Crippen molar-refractivity contribution < 1.29 is 4.79 Å². The van der Waals surface area contributed by atoms with Crippen LogP contribution in [0.1, 0.15) is 38.2 Å². The molecule has 0 spiro atoms. The maximum absolute atomic E-state index is 13.5. The Morgan fingerprint density at radius 1 is 1.31 bits per heavy atom. The molecule has 3 aromatic rings. The van der Waals surface area contributed by atoms with E-state index in [1.54, 1.807) is 4.90 Å². The van der Waals surface area contributed by atoms with Gasteiger partial charge >= 0.3 is 0 Å². The van der Waals surface area contributed by atoms with Gasteiger partial charge in [0.2, 0.25) is 5.13 Å². The fourth-order valence-electron chi connectivity index (χ4n) is 4.69. The van der Waals surface area contributed by atoms with Gasteiger partial charge in [-0.3, -0.25) is 9.69 Å². The highest BCUT2D eigenvalue weighted by Gasteiger charge is 2.45. The molecule has 5 rings (SSSR count). The first kappa shape index (κ1) is 20.8. The summed E-state index contributed by atoms with van der Waals surface area (Å²) in [5.74, 6) is -0.128. The van der Waals surface area contributed by atoms with Gasteiger partial charge in [0.15, 0.2) is 10.1 Å². The number of nitrogens with two attached hydrogens (primary N) is 1. The number of aromatic nitrogens is 3. The van der Waals surface area contributed by atoms with Gasteiger partial charge in [0.25, 0.3) is 0 Å². The molecule has 32 heavy (non-hydrogen) atoms. The van der Waals surface area contributed by atoms with Crippen LogP contribution in [-0.2, 0) is 4.79 Å². The lowest BCUT2D eigenvalue weighted by Gasteiger charge is -2.42. The van der Waals surface area contributed by atoms with Crippen molar-refractivity contribution in [2.75, 3.05) is 11.2 Å². The van der Waals surface area contributed by atoms with E-state index >= 15 is 0 Å². The van der Waals surface area contributed by atoms with Gasteiger partial charge in [-0.1, -0.05) is 43.0 Å². The van der Waals surface area contributed by atoms with E-state index in [0.29, 0.717) is 34.9 Å². The molecule has 2 aliphatic rings. The first-order valence-electron chi connectivity index (χ1n) is 10.2. The molecule has 0 bridgehead atoms. The Morgan fingerprint density at radius 2 is 2.12 bits per heavy atom. The van der Waals surface area contributed by atoms with Crippen molar-refractivity contribution in [3.63, 3.8) is 0 Å². The number of nitrogens with one attached hydrogen (secondary N) is 1. The first-order valence-corrected chi connectivity index (χ1v) is 12.3. The molecule has 1 aromatic carbocycles. The number of hydrogen-bond donors (Lipinski definition) is 2.